The Morgan fingerprint density at radius 3 is 2.43 bits per heavy atom. The molecule has 0 heterocycles. The number of benzene rings is 2. The lowest BCUT2D eigenvalue weighted by Gasteiger charge is -2.13. The maximum absolute atomic E-state index is 12.7. The van der Waals surface area contributed by atoms with E-state index in [4.69, 9.17) is 15.2 Å². The second kappa shape index (κ2) is 6.03. The predicted molar refractivity (Wildman–Crippen MR) is 75.6 cm³/mol. The molecule has 2 rings (SSSR count). The minimum absolute atomic E-state index is 0.0247. The van der Waals surface area contributed by atoms with Gasteiger partial charge in [0.1, 0.15) is 11.4 Å². The van der Waals surface area contributed by atoms with Gasteiger partial charge >= 0.3 is 6.18 Å². The molecule has 0 aliphatic carbocycles. The minimum Gasteiger partial charge on any atom is -0.493 e. The molecule has 0 bridgehead atoms. The van der Waals surface area contributed by atoms with Gasteiger partial charge in [-0.3, -0.25) is 10.1 Å². The molecule has 0 radical (unpaired) electrons. The molecule has 2 aromatic rings. The summed E-state index contributed by atoms with van der Waals surface area (Å²) in [7, 11) is 1.24. The summed E-state index contributed by atoms with van der Waals surface area (Å²) in [6, 6.07) is 6.35. The molecule has 0 amide bonds. The van der Waals surface area contributed by atoms with E-state index in [2.05, 4.69) is 0 Å². The van der Waals surface area contributed by atoms with Crippen LogP contribution in [0.4, 0.5) is 24.5 Å². The SMILES string of the molecule is COc1cc([N+](=O)[O-])c(N)cc1Oc1cccc(C(F)(F)F)c1. The molecule has 0 saturated heterocycles. The van der Waals surface area contributed by atoms with Gasteiger partial charge in [-0.25, -0.2) is 0 Å². The van der Waals surface area contributed by atoms with Crippen molar-refractivity contribution in [2.24, 2.45) is 0 Å². The molecule has 23 heavy (non-hydrogen) atoms. The molecule has 0 aliphatic heterocycles. The lowest BCUT2D eigenvalue weighted by Crippen LogP contribution is -2.04. The highest BCUT2D eigenvalue weighted by Crippen LogP contribution is 2.39. The number of rotatable bonds is 4. The number of nitro groups is 1. The maximum atomic E-state index is 12.7. The number of nitrogen functional groups attached to an aromatic ring is 1. The fourth-order valence-electron chi connectivity index (χ4n) is 1.83. The zero-order valence-corrected chi connectivity index (χ0v) is 11.8. The first-order chi connectivity index (χ1) is 10.7. The lowest BCUT2D eigenvalue weighted by molar-refractivity contribution is -0.384. The van der Waals surface area contributed by atoms with Crippen molar-refractivity contribution in [1.82, 2.24) is 0 Å². The number of nitrogens with two attached hydrogens (primary N) is 1. The van der Waals surface area contributed by atoms with Gasteiger partial charge < -0.3 is 15.2 Å². The molecule has 2 N–H and O–H groups in total. The summed E-state index contributed by atoms with van der Waals surface area (Å²) in [6.45, 7) is 0. The third-order valence-corrected chi connectivity index (χ3v) is 2.90. The van der Waals surface area contributed by atoms with Crippen LogP contribution in [-0.4, -0.2) is 12.0 Å². The second-order valence-electron chi connectivity index (χ2n) is 4.45. The Balaban J connectivity index is 2.40. The van der Waals surface area contributed by atoms with Crippen LogP contribution < -0.4 is 15.2 Å². The number of alkyl halides is 3. The smallest absolute Gasteiger partial charge is 0.416 e. The quantitative estimate of drug-likeness (QED) is 0.521. The molecular weight excluding hydrogens is 317 g/mol. The van der Waals surface area contributed by atoms with Crippen molar-refractivity contribution < 1.29 is 27.6 Å². The number of halogens is 3. The van der Waals surface area contributed by atoms with E-state index in [1.807, 2.05) is 0 Å². The summed E-state index contributed by atoms with van der Waals surface area (Å²) in [4.78, 5) is 10.1. The molecule has 122 valence electrons. The fourth-order valence-corrected chi connectivity index (χ4v) is 1.83. The maximum Gasteiger partial charge on any atom is 0.416 e. The van der Waals surface area contributed by atoms with Crippen LogP contribution in [0.1, 0.15) is 5.56 Å². The average molecular weight is 328 g/mol. The average Bonchev–Trinajstić information content (AvgIpc) is 2.46. The molecular formula is C14H11F3N2O4. The van der Waals surface area contributed by atoms with Crippen LogP contribution in [0.15, 0.2) is 36.4 Å². The van der Waals surface area contributed by atoms with Crippen LogP contribution in [0, 0.1) is 10.1 Å². The summed E-state index contributed by atoms with van der Waals surface area (Å²) in [5.41, 5.74) is 4.07. The van der Waals surface area contributed by atoms with Gasteiger partial charge in [0, 0.05) is 6.07 Å². The Morgan fingerprint density at radius 2 is 1.87 bits per heavy atom. The van der Waals surface area contributed by atoms with Crippen molar-refractivity contribution in [3.63, 3.8) is 0 Å². The highest BCUT2D eigenvalue weighted by Gasteiger charge is 2.30. The van der Waals surface area contributed by atoms with Crippen molar-refractivity contribution in [3.8, 4) is 17.2 Å². The Labute approximate surface area is 128 Å². The Kier molecular flexibility index (Phi) is 4.30. The third-order valence-electron chi connectivity index (χ3n) is 2.90. The first-order valence-corrected chi connectivity index (χ1v) is 6.19. The second-order valence-corrected chi connectivity index (χ2v) is 4.45. The van der Waals surface area contributed by atoms with Gasteiger partial charge in [0.2, 0.25) is 0 Å². The zero-order valence-electron chi connectivity index (χ0n) is 11.8. The molecule has 0 aliphatic rings. The number of ether oxygens (including phenoxy) is 2. The number of anilines is 1. The van der Waals surface area contributed by atoms with Crippen LogP contribution in [0.3, 0.4) is 0 Å². The van der Waals surface area contributed by atoms with Gasteiger partial charge in [0.25, 0.3) is 5.69 Å². The van der Waals surface area contributed by atoms with Crippen molar-refractivity contribution in [2.75, 3.05) is 12.8 Å². The zero-order chi connectivity index (χ0) is 17.2. The Hall–Kier alpha value is -2.97. The molecule has 0 aromatic heterocycles. The summed E-state index contributed by atoms with van der Waals surface area (Å²) >= 11 is 0. The van der Waals surface area contributed by atoms with E-state index in [-0.39, 0.29) is 22.9 Å². The van der Waals surface area contributed by atoms with E-state index in [0.717, 1.165) is 24.3 Å². The van der Waals surface area contributed by atoms with Crippen LogP contribution >= 0.6 is 0 Å². The normalized spacial score (nSPS) is 11.1. The molecule has 0 spiro atoms. The molecule has 0 unspecified atom stereocenters. The molecule has 0 saturated carbocycles. The summed E-state index contributed by atoms with van der Waals surface area (Å²) < 4.78 is 48.3. The number of hydrogen-bond donors (Lipinski definition) is 1. The minimum atomic E-state index is -4.52. The summed E-state index contributed by atoms with van der Waals surface area (Å²) in [5.74, 6) is -0.162. The number of nitrogens with zero attached hydrogens (tertiary/aromatic N) is 1. The van der Waals surface area contributed by atoms with E-state index in [1.165, 1.54) is 19.2 Å². The van der Waals surface area contributed by atoms with Crippen LogP contribution in [0.2, 0.25) is 0 Å². The summed E-state index contributed by atoms with van der Waals surface area (Å²) in [5, 5.41) is 10.8. The van der Waals surface area contributed by atoms with Gasteiger partial charge in [-0.1, -0.05) is 6.07 Å². The molecule has 6 nitrogen and oxygen atoms in total. The molecule has 0 atom stereocenters. The highest BCUT2D eigenvalue weighted by atomic mass is 19.4. The lowest BCUT2D eigenvalue weighted by atomic mass is 10.2. The van der Waals surface area contributed by atoms with Crippen molar-refractivity contribution in [3.05, 3.63) is 52.1 Å². The molecule has 0 fully saturated rings. The predicted octanol–water partition coefficient (Wildman–Crippen LogP) is 4.00. The van der Waals surface area contributed by atoms with E-state index in [0.29, 0.717) is 0 Å². The van der Waals surface area contributed by atoms with E-state index in [1.54, 1.807) is 0 Å². The summed E-state index contributed by atoms with van der Waals surface area (Å²) in [6.07, 6.45) is -4.52. The molecule has 9 heteroatoms. The first kappa shape index (κ1) is 16.4. The van der Waals surface area contributed by atoms with Gasteiger partial charge in [-0.05, 0) is 18.2 Å². The number of nitro benzene ring substituents is 1. The van der Waals surface area contributed by atoms with Crippen molar-refractivity contribution in [1.29, 1.82) is 0 Å². The van der Waals surface area contributed by atoms with Gasteiger partial charge in [-0.2, -0.15) is 13.2 Å². The Bertz CT molecular complexity index is 747. The van der Waals surface area contributed by atoms with E-state index >= 15 is 0 Å². The van der Waals surface area contributed by atoms with Crippen molar-refractivity contribution >= 4 is 11.4 Å². The van der Waals surface area contributed by atoms with E-state index < -0.39 is 22.4 Å². The van der Waals surface area contributed by atoms with Crippen LogP contribution in [0.25, 0.3) is 0 Å². The van der Waals surface area contributed by atoms with Gasteiger partial charge in [0.15, 0.2) is 11.5 Å². The van der Waals surface area contributed by atoms with Gasteiger partial charge in [0.05, 0.1) is 23.7 Å². The largest absolute Gasteiger partial charge is 0.493 e. The van der Waals surface area contributed by atoms with E-state index in [9.17, 15) is 23.3 Å². The fraction of sp³-hybridized carbons (Fsp3) is 0.143. The first-order valence-electron chi connectivity index (χ1n) is 6.19. The molecule has 2 aromatic carbocycles. The van der Waals surface area contributed by atoms with Crippen molar-refractivity contribution in [2.45, 2.75) is 6.18 Å². The monoisotopic (exact) mass is 328 g/mol. The highest BCUT2D eigenvalue weighted by molar-refractivity contribution is 5.66. The number of hydrogen-bond acceptors (Lipinski definition) is 5. The third kappa shape index (κ3) is 3.62. The standard InChI is InChI=1S/C14H11F3N2O4/c1-22-12-7-11(19(20)21)10(18)6-13(12)23-9-4-2-3-8(5-9)14(15,16)17/h2-7H,18H2,1H3. The van der Waals surface area contributed by atoms with Gasteiger partial charge in [-0.15, -0.1) is 0 Å². The van der Waals surface area contributed by atoms with Crippen LogP contribution in [-0.2, 0) is 6.18 Å². The topological polar surface area (TPSA) is 87.6 Å². The Morgan fingerprint density at radius 1 is 1.17 bits per heavy atom. The van der Waals surface area contributed by atoms with Crippen LogP contribution in [0.5, 0.6) is 17.2 Å². The number of methoxy groups -OCH3 is 1.